The van der Waals surface area contributed by atoms with E-state index in [0.717, 1.165) is 5.92 Å². The van der Waals surface area contributed by atoms with E-state index in [1.54, 1.807) is 11.1 Å². The maximum atomic E-state index is 5.88. The number of nitrogens with two attached hydrogens (primary N) is 1. The molecule has 2 heteroatoms. The third-order valence-electron chi connectivity index (χ3n) is 5.64. The van der Waals surface area contributed by atoms with E-state index in [0.29, 0.717) is 12.0 Å². The van der Waals surface area contributed by atoms with Crippen molar-refractivity contribution in [2.45, 2.75) is 76.2 Å². The van der Waals surface area contributed by atoms with Gasteiger partial charge in [-0.25, -0.2) is 0 Å². The average molecular weight is 286 g/mol. The summed E-state index contributed by atoms with van der Waals surface area (Å²) >= 11 is 0. The molecule has 0 amide bonds. The second-order valence-corrected chi connectivity index (χ2v) is 7.13. The lowest BCUT2D eigenvalue weighted by atomic mass is 9.77. The largest absolute Gasteiger partial charge is 0.271 e. The summed E-state index contributed by atoms with van der Waals surface area (Å²) in [6.45, 7) is 0. The first-order valence-electron chi connectivity index (χ1n) is 8.90. The second kappa shape index (κ2) is 7.42. The smallest absolute Gasteiger partial charge is 0.0219 e. The molecule has 0 spiro atoms. The van der Waals surface area contributed by atoms with Crippen LogP contribution >= 0.6 is 0 Å². The van der Waals surface area contributed by atoms with Gasteiger partial charge in [-0.15, -0.1) is 0 Å². The van der Waals surface area contributed by atoms with E-state index in [-0.39, 0.29) is 0 Å². The SMILES string of the molecule is NNC(CC1CCCCC1)CC1CCCc2ccccc21. The molecule has 3 rings (SSSR count). The van der Waals surface area contributed by atoms with Crippen LogP contribution in [-0.2, 0) is 6.42 Å². The maximum absolute atomic E-state index is 5.88. The highest BCUT2D eigenvalue weighted by Crippen LogP contribution is 2.36. The molecule has 0 radical (unpaired) electrons. The van der Waals surface area contributed by atoms with Crippen molar-refractivity contribution in [3.63, 3.8) is 0 Å². The van der Waals surface area contributed by atoms with Gasteiger partial charge >= 0.3 is 0 Å². The molecule has 21 heavy (non-hydrogen) atoms. The van der Waals surface area contributed by atoms with E-state index < -0.39 is 0 Å². The molecule has 2 aliphatic carbocycles. The quantitative estimate of drug-likeness (QED) is 0.625. The molecule has 2 aliphatic rings. The third-order valence-corrected chi connectivity index (χ3v) is 5.64. The Morgan fingerprint density at radius 1 is 1.00 bits per heavy atom. The fourth-order valence-corrected chi connectivity index (χ4v) is 4.50. The van der Waals surface area contributed by atoms with Crippen molar-refractivity contribution in [3.05, 3.63) is 35.4 Å². The fraction of sp³-hybridized carbons (Fsp3) is 0.684. The van der Waals surface area contributed by atoms with Gasteiger partial charge in [-0.1, -0.05) is 56.4 Å². The standard InChI is InChI=1S/C19H30N2/c20-21-18(13-15-7-2-1-3-8-15)14-17-11-6-10-16-9-4-5-12-19(16)17/h4-5,9,12,15,17-18,21H,1-3,6-8,10-11,13-14,20H2. The number of aryl methyl sites for hydroxylation is 1. The summed E-state index contributed by atoms with van der Waals surface area (Å²) in [7, 11) is 0. The van der Waals surface area contributed by atoms with Crippen LogP contribution in [0.4, 0.5) is 0 Å². The molecule has 1 saturated carbocycles. The van der Waals surface area contributed by atoms with Gasteiger partial charge in [-0.3, -0.25) is 11.3 Å². The lowest BCUT2D eigenvalue weighted by molar-refractivity contribution is 0.280. The molecule has 2 unspecified atom stereocenters. The second-order valence-electron chi connectivity index (χ2n) is 7.13. The molecule has 1 aromatic carbocycles. The number of nitrogens with one attached hydrogen (secondary N) is 1. The van der Waals surface area contributed by atoms with Gasteiger partial charge in [0.15, 0.2) is 0 Å². The minimum Gasteiger partial charge on any atom is -0.271 e. The van der Waals surface area contributed by atoms with Crippen LogP contribution in [0, 0.1) is 5.92 Å². The molecule has 0 saturated heterocycles. The Morgan fingerprint density at radius 2 is 1.81 bits per heavy atom. The first kappa shape index (κ1) is 15.1. The number of benzene rings is 1. The Balaban J connectivity index is 1.61. The summed E-state index contributed by atoms with van der Waals surface area (Å²) in [5.74, 6) is 7.49. The number of hydrogen-bond acceptors (Lipinski definition) is 2. The van der Waals surface area contributed by atoms with Crippen LogP contribution in [-0.4, -0.2) is 6.04 Å². The van der Waals surface area contributed by atoms with E-state index in [4.69, 9.17) is 5.84 Å². The van der Waals surface area contributed by atoms with Crippen molar-refractivity contribution in [2.24, 2.45) is 11.8 Å². The summed E-state index contributed by atoms with van der Waals surface area (Å²) < 4.78 is 0. The molecule has 116 valence electrons. The Kier molecular flexibility index (Phi) is 5.32. The summed E-state index contributed by atoms with van der Waals surface area (Å²) in [6, 6.07) is 9.52. The number of fused-ring (bicyclic) bond motifs is 1. The monoisotopic (exact) mass is 286 g/mol. The summed E-state index contributed by atoms with van der Waals surface area (Å²) in [4.78, 5) is 0. The molecule has 0 heterocycles. The number of rotatable bonds is 5. The Labute approximate surface area is 129 Å². The van der Waals surface area contributed by atoms with Gasteiger partial charge in [0, 0.05) is 6.04 Å². The van der Waals surface area contributed by atoms with Crippen LogP contribution < -0.4 is 11.3 Å². The van der Waals surface area contributed by atoms with Crippen molar-refractivity contribution < 1.29 is 0 Å². The lowest BCUT2D eigenvalue weighted by Crippen LogP contribution is -2.38. The fourth-order valence-electron chi connectivity index (χ4n) is 4.50. The van der Waals surface area contributed by atoms with Crippen LogP contribution in [0.25, 0.3) is 0 Å². The van der Waals surface area contributed by atoms with Gasteiger partial charge < -0.3 is 0 Å². The maximum Gasteiger partial charge on any atom is 0.0219 e. The van der Waals surface area contributed by atoms with Crippen molar-refractivity contribution in [1.29, 1.82) is 0 Å². The Hall–Kier alpha value is -0.860. The molecular weight excluding hydrogens is 256 g/mol. The minimum atomic E-state index is 0.490. The zero-order chi connectivity index (χ0) is 14.5. The van der Waals surface area contributed by atoms with Crippen LogP contribution in [0.1, 0.15) is 74.8 Å². The molecule has 2 atom stereocenters. The molecule has 1 fully saturated rings. The third kappa shape index (κ3) is 3.87. The lowest BCUT2D eigenvalue weighted by Gasteiger charge is -2.31. The van der Waals surface area contributed by atoms with Crippen LogP contribution in [0.15, 0.2) is 24.3 Å². The summed E-state index contributed by atoms with van der Waals surface area (Å²) in [5, 5.41) is 0. The van der Waals surface area contributed by atoms with Gasteiger partial charge in [0.2, 0.25) is 0 Å². The predicted molar refractivity (Wildman–Crippen MR) is 89.0 cm³/mol. The van der Waals surface area contributed by atoms with E-state index >= 15 is 0 Å². The highest BCUT2D eigenvalue weighted by Gasteiger charge is 2.25. The van der Waals surface area contributed by atoms with E-state index in [9.17, 15) is 0 Å². The van der Waals surface area contributed by atoms with Gasteiger partial charge in [0.05, 0.1) is 0 Å². The molecule has 0 aliphatic heterocycles. The molecule has 2 nitrogen and oxygen atoms in total. The predicted octanol–water partition coefficient (Wildman–Crippen LogP) is 4.30. The first-order chi connectivity index (χ1) is 10.4. The average Bonchev–Trinajstić information content (AvgIpc) is 2.55. The number of hydrogen-bond donors (Lipinski definition) is 2. The van der Waals surface area contributed by atoms with Crippen LogP contribution in [0.5, 0.6) is 0 Å². The molecule has 0 bridgehead atoms. The topological polar surface area (TPSA) is 38.0 Å². The van der Waals surface area contributed by atoms with Gasteiger partial charge in [-0.2, -0.15) is 0 Å². The first-order valence-corrected chi connectivity index (χ1v) is 8.90. The van der Waals surface area contributed by atoms with Gasteiger partial charge in [0.1, 0.15) is 0 Å². The zero-order valence-corrected chi connectivity index (χ0v) is 13.2. The molecule has 0 aromatic heterocycles. The van der Waals surface area contributed by atoms with Crippen molar-refractivity contribution in [2.75, 3.05) is 0 Å². The zero-order valence-electron chi connectivity index (χ0n) is 13.2. The van der Waals surface area contributed by atoms with E-state index in [2.05, 4.69) is 29.7 Å². The summed E-state index contributed by atoms with van der Waals surface area (Å²) in [5.41, 5.74) is 6.29. The van der Waals surface area contributed by atoms with Crippen LogP contribution in [0.2, 0.25) is 0 Å². The van der Waals surface area contributed by atoms with Crippen molar-refractivity contribution in [1.82, 2.24) is 5.43 Å². The van der Waals surface area contributed by atoms with Crippen LogP contribution in [0.3, 0.4) is 0 Å². The number of hydrazine groups is 1. The normalized spacial score (nSPS) is 24.5. The molecule has 1 aromatic rings. The molecular formula is C19H30N2. The summed E-state index contributed by atoms with van der Waals surface area (Å²) in [6.07, 6.45) is 13.5. The van der Waals surface area contributed by atoms with Gasteiger partial charge in [-0.05, 0) is 55.1 Å². The van der Waals surface area contributed by atoms with E-state index in [1.165, 1.54) is 64.2 Å². The Bertz CT molecular complexity index is 437. The van der Waals surface area contributed by atoms with Crippen molar-refractivity contribution in [3.8, 4) is 0 Å². The Morgan fingerprint density at radius 3 is 2.62 bits per heavy atom. The molecule has 3 N–H and O–H groups in total. The highest BCUT2D eigenvalue weighted by molar-refractivity contribution is 5.32. The minimum absolute atomic E-state index is 0.490. The highest BCUT2D eigenvalue weighted by atomic mass is 15.2. The van der Waals surface area contributed by atoms with Gasteiger partial charge in [0.25, 0.3) is 0 Å². The van der Waals surface area contributed by atoms with E-state index in [1.807, 2.05) is 0 Å². The van der Waals surface area contributed by atoms with Crippen molar-refractivity contribution >= 4 is 0 Å².